The molecule has 3 rings (SSSR count). The van der Waals surface area contributed by atoms with Crippen LogP contribution >= 0.6 is 23.4 Å². The Kier molecular flexibility index (Phi) is 3.43. The molecule has 0 aliphatic carbocycles. The smallest absolute Gasteiger partial charge is 0.206 e. The van der Waals surface area contributed by atoms with E-state index < -0.39 is 0 Å². The van der Waals surface area contributed by atoms with E-state index in [2.05, 4.69) is 20.1 Å². The number of hydrogen-bond acceptors (Lipinski definition) is 5. The first-order chi connectivity index (χ1) is 9.31. The minimum absolute atomic E-state index is 0.152. The summed E-state index contributed by atoms with van der Waals surface area (Å²) >= 11 is 7.34. The molecular formula is C12H8ClN5S. The number of rotatable bonds is 3. The number of nitrogens with zero attached hydrogens (tertiary/aromatic N) is 5. The van der Waals surface area contributed by atoms with Crippen LogP contribution in [0.5, 0.6) is 0 Å². The van der Waals surface area contributed by atoms with Gasteiger partial charge in [-0.3, -0.25) is 0 Å². The Balaban J connectivity index is 1.94. The summed E-state index contributed by atoms with van der Waals surface area (Å²) in [4.78, 5) is 13.5. The molecule has 2 heterocycles. The molecule has 0 bridgehead atoms. The highest BCUT2D eigenvalue weighted by Crippen LogP contribution is 2.25. The molecule has 19 heavy (non-hydrogen) atoms. The van der Waals surface area contributed by atoms with Gasteiger partial charge in [-0.2, -0.15) is 20.1 Å². The van der Waals surface area contributed by atoms with Crippen LogP contribution in [0, 0.1) is 0 Å². The summed E-state index contributed by atoms with van der Waals surface area (Å²) in [5.74, 6) is 0.406. The van der Waals surface area contributed by atoms with Gasteiger partial charge in [-0.1, -0.05) is 18.2 Å². The lowest BCUT2D eigenvalue weighted by molar-refractivity contribution is 0.759. The summed E-state index contributed by atoms with van der Waals surface area (Å²) in [7, 11) is 0. The third kappa shape index (κ3) is 2.91. The van der Waals surface area contributed by atoms with Gasteiger partial charge in [-0.05, 0) is 41.6 Å². The molecule has 7 heteroatoms. The largest absolute Gasteiger partial charge is 0.255 e. The summed E-state index contributed by atoms with van der Waals surface area (Å²) in [6.07, 6.45) is 3.41. The first-order valence-electron chi connectivity index (χ1n) is 5.46. The summed E-state index contributed by atoms with van der Waals surface area (Å²) in [6, 6.07) is 11.6. The molecular weight excluding hydrogens is 282 g/mol. The maximum absolute atomic E-state index is 5.92. The second-order valence-electron chi connectivity index (χ2n) is 3.55. The van der Waals surface area contributed by atoms with Gasteiger partial charge in [0.15, 0.2) is 5.16 Å². The summed E-state index contributed by atoms with van der Waals surface area (Å²) in [6.45, 7) is 0. The van der Waals surface area contributed by atoms with Crippen molar-refractivity contribution in [2.75, 3.05) is 0 Å². The van der Waals surface area contributed by atoms with Gasteiger partial charge >= 0.3 is 0 Å². The average Bonchev–Trinajstić information content (AvgIpc) is 2.93. The van der Waals surface area contributed by atoms with E-state index in [4.69, 9.17) is 11.6 Å². The highest BCUT2D eigenvalue weighted by atomic mass is 35.5. The van der Waals surface area contributed by atoms with Crippen molar-refractivity contribution in [3.63, 3.8) is 0 Å². The molecule has 0 N–H and O–H groups in total. The second-order valence-corrected chi connectivity index (χ2v) is 4.93. The van der Waals surface area contributed by atoms with Crippen molar-refractivity contribution in [1.82, 2.24) is 24.7 Å². The highest BCUT2D eigenvalue weighted by Gasteiger charge is 2.08. The third-order valence-electron chi connectivity index (χ3n) is 2.24. The van der Waals surface area contributed by atoms with Crippen molar-refractivity contribution in [3.05, 3.63) is 54.1 Å². The Labute approximate surface area is 118 Å². The molecule has 0 spiro atoms. The normalized spacial score (nSPS) is 10.6. The predicted octanol–water partition coefficient (Wildman–Crippen LogP) is 2.86. The van der Waals surface area contributed by atoms with Crippen LogP contribution in [0.25, 0.3) is 5.95 Å². The third-order valence-corrected chi connectivity index (χ3v) is 3.28. The van der Waals surface area contributed by atoms with Gasteiger partial charge in [0.1, 0.15) is 0 Å². The van der Waals surface area contributed by atoms with Gasteiger partial charge < -0.3 is 0 Å². The van der Waals surface area contributed by atoms with Crippen molar-refractivity contribution in [3.8, 4) is 5.95 Å². The molecule has 0 saturated heterocycles. The summed E-state index contributed by atoms with van der Waals surface area (Å²) < 4.78 is 1.54. The first kappa shape index (κ1) is 12.1. The van der Waals surface area contributed by atoms with Gasteiger partial charge in [0.05, 0.1) is 0 Å². The standard InChI is InChI=1S/C12H8ClN5S/c13-10-15-11(18-8-4-7-14-18)17-12(16-10)19-9-5-2-1-3-6-9/h1-8H. The van der Waals surface area contributed by atoms with Gasteiger partial charge in [0, 0.05) is 17.3 Å². The predicted molar refractivity (Wildman–Crippen MR) is 72.5 cm³/mol. The van der Waals surface area contributed by atoms with Crippen LogP contribution in [0.3, 0.4) is 0 Å². The van der Waals surface area contributed by atoms with Crippen LogP contribution in [-0.2, 0) is 0 Å². The quantitative estimate of drug-likeness (QED) is 0.742. The van der Waals surface area contributed by atoms with Crippen molar-refractivity contribution in [1.29, 1.82) is 0 Å². The van der Waals surface area contributed by atoms with Crippen LogP contribution in [0.2, 0.25) is 5.28 Å². The Morgan fingerprint density at radius 1 is 1.00 bits per heavy atom. The Bertz CT molecular complexity index is 672. The van der Waals surface area contributed by atoms with Crippen LogP contribution in [0.15, 0.2) is 58.8 Å². The summed E-state index contributed by atoms with van der Waals surface area (Å²) in [5, 5.41) is 4.76. The van der Waals surface area contributed by atoms with E-state index in [1.54, 1.807) is 23.1 Å². The lowest BCUT2D eigenvalue weighted by Gasteiger charge is -2.03. The first-order valence-corrected chi connectivity index (χ1v) is 6.65. The van der Waals surface area contributed by atoms with Crippen LogP contribution < -0.4 is 0 Å². The Morgan fingerprint density at radius 2 is 1.84 bits per heavy atom. The Hall–Kier alpha value is -1.92. The van der Waals surface area contributed by atoms with E-state index in [0.29, 0.717) is 11.1 Å². The van der Waals surface area contributed by atoms with Crippen molar-refractivity contribution in [2.24, 2.45) is 0 Å². The maximum Gasteiger partial charge on any atom is 0.255 e. The lowest BCUT2D eigenvalue weighted by Crippen LogP contribution is -2.04. The van der Waals surface area contributed by atoms with E-state index >= 15 is 0 Å². The topological polar surface area (TPSA) is 56.5 Å². The average molecular weight is 290 g/mol. The van der Waals surface area contributed by atoms with E-state index in [0.717, 1.165) is 4.90 Å². The molecule has 0 unspecified atom stereocenters. The van der Waals surface area contributed by atoms with Crippen molar-refractivity contribution >= 4 is 23.4 Å². The number of benzene rings is 1. The fraction of sp³-hybridized carbons (Fsp3) is 0. The van der Waals surface area contributed by atoms with E-state index in [1.807, 2.05) is 30.3 Å². The fourth-order valence-corrected chi connectivity index (χ4v) is 2.42. The zero-order chi connectivity index (χ0) is 13.1. The molecule has 0 radical (unpaired) electrons. The van der Waals surface area contributed by atoms with Crippen LogP contribution in [-0.4, -0.2) is 24.7 Å². The molecule has 2 aromatic heterocycles. The molecule has 94 valence electrons. The zero-order valence-corrected chi connectivity index (χ0v) is 11.2. The van der Waals surface area contributed by atoms with Gasteiger partial charge in [-0.15, -0.1) is 0 Å². The summed E-state index contributed by atoms with van der Waals surface area (Å²) in [5.41, 5.74) is 0. The maximum atomic E-state index is 5.92. The SMILES string of the molecule is Clc1nc(Sc2ccccc2)nc(-n2cccn2)n1. The zero-order valence-electron chi connectivity index (χ0n) is 9.64. The molecule has 0 amide bonds. The number of hydrogen-bond donors (Lipinski definition) is 0. The van der Waals surface area contributed by atoms with Crippen molar-refractivity contribution in [2.45, 2.75) is 10.1 Å². The van der Waals surface area contributed by atoms with Gasteiger partial charge in [0.25, 0.3) is 5.95 Å². The molecule has 0 aliphatic rings. The lowest BCUT2D eigenvalue weighted by atomic mass is 10.4. The molecule has 0 fully saturated rings. The number of halogens is 1. The highest BCUT2D eigenvalue weighted by molar-refractivity contribution is 7.99. The van der Waals surface area contributed by atoms with Crippen molar-refractivity contribution < 1.29 is 0 Å². The number of aromatic nitrogens is 5. The van der Waals surface area contributed by atoms with E-state index in [-0.39, 0.29) is 5.28 Å². The fourth-order valence-electron chi connectivity index (χ4n) is 1.45. The van der Waals surface area contributed by atoms with E-state index in [1.165, 1.54) is 11.8 Å². The Morgan fingerprint density at radius 3 is 2.58 bits per heavy atom. The molecule has 1 aromatic carbocycles. The van der Waals surface area contributed by atoms with E-state index in [9.17, 15) is 0 Å². The monoisotopic (exact) mass is 289 g/mol. The molecule has 5 nitrogen and oxygen atoms in total. The molecule has 0 atom stereocenters. The minimum atomic E-state index is 0.152. The van der Waals surface area contributed by atoms with Crippen LogP contribution in [0.4, 0.5) is 0 Å². The second kappa shape index (κ2) is 5.38. The molecule has 3 aromatic rings. The van der Waals surface area contributed by atoms with Crippen LogP contribution in [0.1, 0.15) is 0 Å². The molecule has 0 saturated carbocycles. The molecule has 0 aliphatic heterocycles. The van der Waals surface area contributed by atoms with Gasteiger partial charge in [0.2, 0.25) is 5.28 Å². The van der Waals surface area contributed by atoms with Gasteiger partial charge in [-0.25, -0.2) is 4.68 Å². The minimum Gasteiger partial charge on any atom is -0.206 e.